The largest absolute Gasteiger partial charge is 0.497 e. The Labute approximate surface area is 189 Å². The van der Waals surface area contributed by atoms with Crippen molar-refractivity contribution in [2.45, 2.75) is 18.6 Å². The first-order chi connectivity index (χ1) is 15.8. The Bertz CT molecular complexity index is 1090. The number of ether oxygens (including phenoxy) is 2. The monoisotopic (exact) mass is 461 g/mol. The molecule has 33 heavy (non-hydrogen) atoms. The normalized spacial score (nSPS) is 16.0. The molecule has 1 atom stereocenters. The second-order valence-corrected chi connectivity index (χ2v) is 7.99. The maximum absolute atomic E-state index is 13.0. The van der Waals surface area contributed by atoms with Crippen LogP contribution in [0.3, 0.4) is 0 Å². The van der Waals surface area contributed by atoms with E-state index in [4.69, 9.17) is 9.47 Å². The zero-order valence-corrected chi connectivity index (χ0v) is 18.2. The molecule has 9 heteroatoms. The second kappa shape index (κ2) is 9.84. The first-order valence-corrected chi connectivity index (χ1v) is 10.7. The predicted octanol–water partition coefficient (Wildman–Crippen LogP) is 3.93. The summed E-state index contributed by atoms with van der Waals surface area (Å²) in [5.41, 5.74) is 1.79. The molecule has 0 saturated carbocycles. The van der Waals surface area contributed by atoms with Crippen molar-refractivity contribution in [3.05, 3.63) is 65.4 Å². The molecule has 0 radical (unpaired) electrons. The molecular weight excluding hydrogens is 435 g/mol. The van der Waals surface area contributed by atoms with Crippen molar-refractivity contribution in [3.8, 4) is 5.75 Å². The predicted molar refractivity (Wildman–Crippen MR) is 118 cm³/mol. The zero-order valence-electron chi connectivity index (χ0n) is 18.2. The van der Waals surface area contributed by atoms with Gasteiger partial charge < -0.3 is 19.8 Å². The number of H-pyrrole nitrogens is 1. The third kappa shape index (κ3) is 5.48. The van der Waals surface area contributed by atoms with E-state index < -0.39 is 11.7 Å². The molecular formula is C24H26F3N3O3. The molecule has 1 unspecified atom stereocenters. The number of hydrogen-bond donors (Lipinski definition) is 2. The topological polar surface area (TPSA) is 66.6 Å². The number of aromatic amines is 1. The highest BCUT2D eigenvalue weighted by atomic mass is 19.4. The minimum atomic E-state index is -4.39. The SMILES string of the molecule is COc1ccc2[nH]cc(CC(=O)NCC(c3ccc(C(F)(F)F)cc3)N3CCOCC3)c2c1. The molecule has 1 aliphatic heterocycles. The van der Waals surface area contributed by atoms with Gasteiger partial charge in [-0.05, 0) is 41.5 Å². The standard InChI is InChI=1S/C24H26F3N3O3/c1-32-19-6-7-21-20(13-19)17(14-28-21)12-23(31)29-15-22(30-8-10-33-11-9-30)16-2-4-18(5-3-16)24(25,26)27/h2-7,13-14,22,28H,8-12,15H2,1H3,(H,29,31). The molecule has 6 nitrogen and oxygen atoms in total. The van der Waals surface area contributed by atoms with E-state index in [-0.39, 0.29) is 24.9 Å². The molecule has 1 aromatic heterocycles. The lowest BCUT2D eigenvalue weighted by molar-refractivity contribution is -0.137. The number of benzene rings is 2. The van der Waals surface area contributed by atoms with Gasteiger partial charge in [0.05, 0.1) is 38.3 Å². The van der Waals surface area contributed by atoms with Gasteiger partial charge in [-0.2, -0.15) is 13.2 Å². The van der Waals surface area contributed by atoms with E-state index in [0.29, 0.717) is 32.1 Å². The van der Waals surface area contributed by atoms with Gasteiger partial charge in [-0.3, -0.25) is 9.69 Å². The van der Waals surface area contributed by atoms with Crippen molar-refractivity contribution in [1.29, 1.82) is 0 Å². The number of halogens is 3. The Balaban J connectivity index is 1.47. The van der Waals surface area contributed by atoms with Crippen molar-refractivity contribution < 1.29 is 27.4 Å². The van der Waals surface area contributed by atoms with Crippen LogP contribution in [0.15, 0.2) is 48.7 Å². The van der Waals surface area contributed by atoms with Crippen molar-refractivity contribution in [1.82, 2.24) is 15.2 Å². The van der Waals surface area contributed by atoms with E-state index in [2.05, 4.69) is 15.2 Å². The van der Waals surface area contributed by atoms with Gasteiger partial charge in [0, 0.05) is 36.7 Å². The number of carbonyl (C=O) groups is 1. The van der Waals surface area contributed by atoms with E-state index >= 15 is 0 Å². The van der Waals surface area contributed by atoms with Crippen LogP contribution in [0.25, 0.3) is 10.9 Å². The highest BCUT2D eigenvalue weighted by Crippen LogP contribution is 2.31. The summed E-state index contributed by atoms with van der Waals surface area (Å²) in [7, 11) is 1.59. The third-order valence-electron chi connectivity index (χ3n) is 5.93. The fourth-order valence-corrected chi connectivity index (χ4v) is 4.12. The van der Waals surface area contributed by atoms with Gasteiger partial charge in [0.1, 0.15) is 5.75 Å². The average molecular weight is 461 g/mol. The first-order valence-electron chi connectivity index (χ1n) is 10.7. The van der Waals surface area contributed by atoms with Gasteiger partial charge in [-0.15, -0.1) is 0 Å². The minimum absolute atomic E-state index is 0.163. The molecule has 2 aromatic carbocycles. The van der Waals surface area contributed by atoms with E-state index in [1.165, 1.54) is 12.1 Å². The van der Waals surface area contributed by atoms with Crippen LogP contribution in [0.5, 0.6) is 5.75 Å². The quantitative estimate of drug-likeness (QED) is 0.560. The summed E-state index contributed by atoms with van der Waals surface area (Å²) in [5, 5.41) is 3.88. The molecule has 0 bridgehead atoms. The Morgan fingerprint density at radius 3 is 2.58 bits per heavy atom. The number of methoxy groups -OCH3 is 1. The Kier molecular flexibility index (Phi) is 6.90. The minimum Gasteiger partial charge on any atom is -0.497 e. The van der Waals surface area contributed by atoms with Gasteiger partial charge in [-0.1, -0.05) is 12.1 Å². The number of carbonyl (C=O) groups excluding carboxylic acids is 1. The smallest absolute Gasteiger partial charge is 0.416 e. The molecule has 2 heterocycles. The molecule has 3 aromatic rings. The maximum Gasteiger partial charge on any atom is 0.416 e. The van der Waals surface area contributed by atoms with E-state index in [9.17, 15) is 18.0 Å². The van der Waals surface area contributed by atoms with Crippen LogP contribution in [-0.4, -0.2) is 55.7 Å². The summed E-state index contributed by atoms with van der Waals surface area (Å²) >= 11 is 0. The number of hydrogen-bond acceptors (Lipinski definition) is 4. The molecule has 1 aliphatic rings. The van der Waals surface area contributed by atoms with E-state index in [1.54, 1.807) is 13.3 Å². The fraction of sp³-hybridized carbons (Fsp3) is 0.375. The van der Waals surface area contributed by atoms with Gasteiger partial charge in [0.25, 0.3) is 0 Å². The van der Waals surface area contributed by atoms with Gasteiger partial charge in [-0.25, -0.2) is 0 Å². The number of alkyl halides is 3. The number of morpholine rings is 1. The van der Waals surface area contributed by atoms with Crippen molar-refractivity contribution in [2.24, 2.45) is 0 Å². The van der Waals surface area contributed by atoms with Crippen molar-refractivity contribution >= 4 is 16.8 Å². The molecule has 1 amide bonds. The molecule has 176 valence electrons. The van der Waals surface area contributed by atoms with Crippen LogP contribution in [-0.2, 0) is 22.1 Å². The Morgan fingerprint density at radius 2 is 1.91 bits per heavy atom. The summed E-state index contributed by atoms with van der Waals surface area (Å²) < 4.78 is 49.6. The van der Waals surface area contributed by atoms with E-state index in [1.807, 2.05) is 18.2 Å². The van der Waals surface area contributed by atoms with Crippen LogP contribution in [0, 0.1) is 0 Å². The molecule has 2 N–H and O–H groups in total. The van der Waals surface area contributed by atoms with Gasteiger partial charge in [0.15, 0.2) is 0 Å². The van der Waals surface area contributed by atoms with Crippen LogP contribution in [0.2, 0.25) is 0 Å². The molecule has 4 rings (SSSR count). The highest BCUT2D eigenvalue weighted by molar-refractivity contribution is 5.89. The highest BCUT2D eigenvalue weighted by Gasteiger charge is 2.31. The maximum atomic E-state index is 13.0. The number of nitrogens with zero attached hydrogens (tertiary/aromatic N) is 1. The molecule has 1 saturated heterocycles. The summed E-state index contributed by atoms with van der Waals surface area (Å²) in [5.74, 6) is 0.544. The van der Waals surface area contributed by atoms with Gasteiger partial charge in [0.2, 0.25) is 5.91 Å². The van der Waals surface area contributed by atoms with Crippen molar-refractivity contribution in [2.75, 3.05) is 40.0 Å². The first kappa shape index (κ1) is 23.1. The number of nitrogens with one attached hydrogen (secondary N) is 2. The number of amides is 1. The van der Waals surface area contributed by atoms with Crippen LogP contribution >= 0.6 is 0 Å². The van der Waals surface area contributed by atoms with Crippen LogP contribution < -0.4 is 10.1 Å². The Hall–Kier alpha value is -3.04. The second-order valence-electron chi connectivity index (χ2n) is 7.99. The molecule has 1 fully saturated rings. The van der Waals surface area contributed by atoms with Crippen LogP contribution in [0.4, 0.5) is 13.2 Å². The van der Waals surface area contributed by atoms with Crippen molar-refractivity contribution in [3.63, 3.8) is 0 Å². The lowest BCUT2D eigenvalue weighted by Crippen LogP contribution is -2.44. The average Bonchev–Trinajstić information content (AvgIpc) is 3.21. The summed E-state index contributed by atoms with van der Waals surface area (Å²) in [4.78, 5) is 18.0. The number of fused-ring (bicyclic) bond motifs is 1. The lowest BCUT2D eigenvalue weighted by atomic mass is 10.0. The summed E-state index contributed by atoms with van der Waals surface area (Å²) in [6.45, 7) is 2.66. The lowest BCUT2D eigenvalue weighted by Gasteiger charge is -2.35. The summed E-state index contributed by atoms with van der Waals surface area (Å²) in [6, 6.07) is 10.5. The fourth-order valence-electron chi connectivity index (χ4n) is 4.12. The van der Waals surface area contributed by atoms with E-state index in [0.717, 1.165) is 34.2 Å². The summed E-state index contributed by atoms with van der Waals surface area (Å²) in [6.07, 6.45) is -2.40. The Morgan fingerprint density at radius 1 is 1.18 bits per heavy atom. The van der Waals surface area contributed by atoms with Crippen LogP contribution in [0.1, 0.15) is 22.7 Å². The zero-order chi connectivity index (χ0) is 23.4. The van der Waals surface area contributed by atoms with Gasteiger partial charge >= 0.3 is 6.18 Å². The number of rotatable bonds is 7. The number of aromatic nitrogens is 1. The molecule has 0 spiro atoms. The molecule has 0 aliphatic carbocycles. The third-order valence-corrected chi connectivity index (χ3v) is 5.93.